The highest BCUT2D eigenvalue weighted by atomic mass is 35.5. The van der Waals surface area contributed by atoms with Crippen LogP contribution in [0.2, 0.25) is 5.02 Å². The van der Waals surface area contributed by atoms with E-state index in [0.717, 1.165) is 12.1 Å². The minimum absolute atomic E-state index is 0.0732. The number of amides is 2. The van der Waals surface area contributed by atoms with E-state index in [1.165, 1.54) is 12.1 Å². The average molecular weight is 319 g/mol. The van der Waals surface area contributed by atoms with Crippen LogP contribution >= 0.6 is 11.6 Å². The Bertz CT molecular complexity index is 689. The van der Waals surface area contributed by atoms with Gasteiger partial charge in [0.25, 0.3) is 0 Å². The lowest BCUT2D eigenvalue weighted by molar-refractivity contribution is 0.262. The monoisotopic (exact) mass is 318 g/mol. The van der Waals surface area contributed by atoms with E-state index < -0.39 is 35.0 Å². The zero-order valence-corrected chi connectivity index (χ0v) is 10.9. The van der Waals surface area contributed by atoms with E-state index in [4.69, 9.17) is 11.6 Å². The second-order valence-electron chi connectivity index (χ2n) is 3.90. The van der Waals surface area contributed by atoms with Crippen molar-refractivity contribution in [3.63, 3.8) is 0 Å². The van der Waals surface area contributed by atoms with Crippen LogP contribution in [0.15, 0.2) is 30.3 Å². The average Bonchev–Trinajstić information content (AvgIpc) is 2.44. The Morgan fingerprint density at radius 2 is 1.62 bits per heavy atom. The lowest BCUT2D eigenvalue weighted by atomic mass is 10.3. The molecule has 110 valence electrons. The first-order valence-corrected chi connectivity index (χ1v) is 5.93. The molecular weight excluding hydrogens is 312 g/mol. The van der Waals surface area contributed by atoms with Crippen LogP contribution in [-0.2, 0) is 0 Å². The molecule has 0 aliphatic heterocycles. The molecule has 3 nitrogen and oxygen atoms in total. The molecule has 0 aliphatic carbocycles. The lowest BCUT2D eigenvalue weighted by Gasteiger charge is -2.10. The molecule has 0 unspecified atom stereocenters. The molecule has 0 atom stereocenters. The number of rotatable bonds is 2. The highest BCUT2D eigenvalue weighted by molar-refractivity contribution is 6.33. The van der Waals surface area contributed by atoms with Crippen molar-refractivity contribution in [2.75, 3.05) is 10.6 Å². The van der Waals surface area contributed by atoms with Crippen molar-refractivity contribution >= 4 is 29.0 Å². The molecular formula is C13H7ClF4N2O. The molecule has 0 spiro atoms. The number of carbonyl (C=O) groups is 1. The Kier molecular flexibility index (Phi) is 4.32. The van der Waals surface area contributed by atoms with Gasteiger partial charge in [0.2, 0.25) is 0 Å². The standard InChI is InChI=1S/C13H7ClF4N2O/c14-6-2-1-3-8(16)12(6)20-13(21)19-9-5-4-7(15)10(17)11(9)18/h1-5H,(H2,19,20,21). The second-order valence-corrected chi connectivity index (χ2v) is 4.31. The minimum Gasteiger partial charge on any atom is -0.305 e. The van der Waals surface area contributed by atoms with E-state index in [0.29, 0.717) is 6.07 Å². The molecule has 21 heavy (non-hydrogen) atoms. The number of hydrogen-bond acceptors (Lipinski definition) is 1. The van der Waals surface area contributed by atoms with Crippen molar-refractivity contribution in [2.45, 2.75) is 0 Å². The van der Waals surface area contributed by atoms with Gasteiger partial charge in [-0.15, -0.1) is 0 Å². The van der Waals surface area contributed by atoms with Gasteiger partial charge >= 0.3 is 6.03 Å². The van der Waals surface area contributed by atoms with Crippen molar-refractivity contribution in [3.05, 3.63) is 58.6 Å². The summed E-state index contributed by atoms with van der Waals surface area (Å²) in [5, 5.41) is 3.90. The van der Waals surface area contributed by atoms with Gasteiger partial charge in [0.05, 0.1) is 16.4 Å². The van der Waals surface area contributed by atoms with Gasteiger partial charge in [-0.2, -0.15) is 0 Å². The second kappa shape index (κ2) is 6.01. The number of nitrogens with one attached hydrogen (secondary N) is 2. The third-order valence-electron chi connectivity index (χ3n) is 2.48. The van der Waals surface area contributed by atoms with E-state index in [-0.39, 0.29) is 10.7 Å². The fraction of sp³-hybridized carbons (Fsp3) is 0. The summed E-state index contributed by atoms with van der Waals surface area (Å²) in [7, 11) is 0. The summed E-state index contributed by atoms with van der Waals surface area (Å²) in [5.41, 5.74) is -0.918. The predicted molar refractivity (Wildman–Crippen MR) is 70.4 cm³/mol. The Labute approximate surface area is 121 Å². The molecule has 2 N–H and O–H groups in total. The fourth-order valence-corrected chi connectivity index (χ4v) is 1.72. The summed E-state index contributed by atoms with van der Waals surface area (Å²) in [6.45, 7) is 0. The topological polar surface area (TPSA) is 41.1 Å². The van der Waals surface area contributed by atoms with E-state index in [1.807, 2.05) is 10.6 Å². The zero-order valence-electron chi connectivity index (χ0n) is 10.2. The Morgan fingerprint density at radius 1 is 0.905 bits per heavy atom. The minimum atomic E-state index is -1.73. The molecule has 0 saturated heterocycles. The van der Waals surface area contributed by atoms with Crippen LogP contribution in [0.5, 0.6) is 0 Å². The summed E-state index contributed by atoms with van der Waals surface area (Å²) in [4.78, 5) is 11.6. The quantitative estimate of drug-likeness (QED) is 0.619. The predicted octanol–water partition coefficient (Wildman–Crippen LogP) is 4.54. The van der Waals surface area contributed by atoms with Crippen LogP contribution in [0.25, 0.3) is 0 Å². The number of benzene rings is 2. The Balaban J connectivity index is 2.18. The lowest BCUT2D eigenvalue weighted by Crippen LogP contribution is -2.21. The van der Waals surface area contributed by atoms with Crippen LogP contribution in [0, 0.1) is 23.3 Å². The van der Waals surface area contributed by atoms with Crippen LogP contribution in [0.4, 0.5) is 33.7 Å². The molecule has 2 aromatic carbocycles. The molecule has 0 saturated carbocycles. The molecule has 0 radical (unpaired) electrons. The molecule has 0 bridgehead atoms. The number of anilines is 2. The van der Waals surface area contributed by atoms with Crippen molar-refractivity contribution in [1.29, 1.82) is 0 Å². The SMILES string of the molecule is O=C(Nc1ccc(F)c(F)c1F)Nc1c(F)cccc1Cl. The van der Waals surface area contributed by atoms with Gasteiger partial charge in [0.1, 0.15) is 5.82 Å². The number of hydrogen-bond donors (Lipinski definition) is 2. The van der Waals surface area contributed by atoms with Crippen molar-refractivity contribution in [1.82, 2.24) is 0 Å². The first kappa shape index (κ1) is 15.1. The van der Waals surface area contributed by atoms with Crippen molar-refractivity contribution < 1.29 is 22.4 Å². The largest absolute Gasteiger partial charge is 0.323 e. The first-order valence-electron chi connectivity index (χ1n) is 5.55. The van der Waals surface area contributed by atoms with Crippen molar-refractivity contribution in [3.8, 4) is 0 Å². The van der Waals surface area contributed by atoms with Crippen LogP contribution in [0.3, 0.4) is 0 Å². The van der Waals surface area contributed by atoms with E-state index in [1.54, 1.807) is 0 Å². The molecule has 2 amide bonds. The summed E-state index contributed by atoms with van der Waals surface area (Å²) in [6, 6.07) is 4.13. The maximum atomic E-state index is 13.4. The van der Waals surface area contributed by atoms with Crippen LogP contribution in [0.1, 0.15) is 0 Å². The fourth-order valence-electron chi connectivity index (χ4n) is 1.51. The third kappa shape index (κ3) is 3.25. The van der Waals surface area contributed by atoms with Gasteiger partial charge < -0.3 is 10.6 Å². The highest BCUT2D eigenvalue weighted by Crippen LogP contribution is 2.25. The first-order chi connectivity index (χ1) is 9.90. The smallest absolute Gasteiger partial charge is 0.305 e. The van der Waals surface area contributed by atoms with Crippen LogP contribution in [-0.4, -0.2) is 6.03 Å². The van der Waals surface area contributed by atoms with Gasteiger partial charge in [-0.05, 0) is 24.3 Å². The molecule has 2 rings (SSSR count). The normalized spacial score (nSPS) is 10.3. The summed E-state index contributed by atoms with van der Waals surface area (Å²) in [6.07, 6.45) is 0. The van der Waals surface area contributed by atoms with Gasteiger partial charge in [-0.3, -0.25) is 0 Å². The number of para-hydroxylation sites is 1. The maximum Gasteiger partial charge on any atom is 0.323 e. The molecule has 0 aromatic heterocycles. The van der Waals surface area contributed by atoms with E-state index >= 15 is 0 Å². The third-order valence-corrected chi connectivity index (χ3v) is 2.80. The number of carbonyl (C=O) groups excluding carboxylic acids is 1. The summed E-state index contributed by atoms with van der Waals surface area (Å²) in [5.74, 6) is -5.49. The Morgan fingerprint density at radius 3 is 2.29 bits per heavy atom. The molecule has 0 aliphatic rings. The number of urea groups is 1. The van der Waals surface area contributed by atoms with Gasteiger partial charge in [-0.25, -0.2) is 22.4 Å². The van der Waals surface area contributed by atoms with E-state index in [2.05, 4.69) is 0 Å². The Hall–Kier alpha value is -2.28. The molecule has 0 fully saturated rings. The zero-order chi connectivity index (χ0) is 15.6. The molecule has 0 heterocycles. The van der Waals surface area contributed by atoms with Gasteiger partial charge in [-0.1, -0.05) is 17.7 Å². The maximum absolute atomic E-state index is 13.4. The highest BCUT2D eigenvalue weighted by Gasteiger charge is 2.16. The van der Waals surface area contributed by atoms with Gasteiger partial charge in [0.15, 0.2) is 17.5 Å². The molecule has 2 aromatic rings. The van der Waals surface area contributed by atoms with Crippen LogP contribution < -0.4 is 10.6 Å². The summed E-state index contributed by atoms with van der Waals surface area (Å²) >= 11 is 5.69. The van der Waals surface area contributed by atoms with Crippen molar-refractivity contribution in [2.24, 2.45) is 0 Å². The number of halogens is 5. The summed E-state index contributed by atoms with van der Waals surface area (Å²) < 4.78 is 52.5. The van der Waals surface area contributed by atoms with Gasteiger partial charge in [0, 0.05) is 0 Å². The van der Waals surface area contributed by atoms with E-state index in [9.17, 15) is 22.4 Å². The molecule has 8 heteroatoms.